The van der Waals surface area contributed by atoms with E-state index in [0.29, 0.717) is 22.4 Å². The average Bonchev–Trinajstić information content (AvgIpc) is 3.14. The standard InChI is InChI=1S/C23H21ClF2N2O6S/c1-8(2)18(27)23(32)34-14-6-15-16(17(24)9(14)3)11(20(35-15)22(30)31)7-33-19-12(25)4-10(21(28)29)5-13(19)26/h4-6,8,18H,7,27H2,1-3H3,(H2,28,29)(H,30,31). The van der Waals surface area contributed by atoms with E-state index in [4.69, 9.17) is 32.5 Å². The highest BCUT2D eigenvalue weighted by Gasteiger charge is 2.26. The minimum absolute atomic E-state index is 0.0696. The van der Waals surface area contributed by atoms with E-state index in [2.05, 4.69) is 0 Å². The summed E-state index contributed by atoms with van der Waals surface area (Å²) in [6.07, 6.45) is 0. The van der Waals surface area contributed by atoms with Crippen LogP contribution in [0.1, 0.15) is 45.0 Å². The lowest BCUT2D eigenvalue weighted by Crippen LogP contribution is -2.38. The molecule has 1 amide bonds. The molecule has 0 radical (unpaired) electrons. The maximum Gasteiger partial charge on any atom is 0.346 e. The van der Waals surface area contributed by atoms with Crippen LogP contribution >= 0.6 is 22.9 Å². The van der Waals surface area contributed by atoms with Crippen LogP contribution in [0.5, 0.6) is 11.5 Å². The zero-order chi connectivity index (χ0) is 26.2. The molecule has 8 nitrogen and oxygen atoms in total. The third kappa shape index (κ3) is 5.21. The normalized spacial score (nSPS) is 12.1. The van der Waals surface area contributed by atoms with Gasteiger partial charge >= 0.3 is 11.9 Å². The fraction of sp³-hybridized carbons (Fsp3) is 0.261. The predicted octanol–water partition coefficient (Wildman–Crippen LogP) is 4.41. The molecule has 1 unspecified atom stereocenters. The SMILES string of the molecule is Cc1c(OC(=O)C(N)C(C)C)cc2sc(C(=O)O)c(COc3c(F)cc(C(N)=O)cc3F)c2c1Cl. The molecule has 0 aliphatic heterocycles. The van der Waals surface area contributed by atoms with Gasteiger partial charge in [-0.1, -0.05) is 25.4 Å². The molecule has 0 aliphatic rings. The number of benzene rings is 2. The molecule has 186 valence electrons. The number of halogens is 3. The van der Waals surface area contributed by atoms with Crippen LogP contribution in [0.3, 0.4) is 0 Å². The van der Waals surface area contributed by atoms with E-state index in [0.717, 1.165) is 11.3 Å². The lowest BCUT2D eigenvalue weighted by molar-refractivity contribution is -0.136. The Morgan fingerprint density at radius 3 is 2.29 bits per heavy atom. The fourth-order valence-corrected chi connectivity index (χ4v) is 4.65. The van der Waals surface area contributed by atoms with Crippen molar-refractivity contribution in [1.82, 2.24) is 0 Å². The molecule has 3 rings (SSSR count). The summed E-state index contributed by atoms with van der Waals surface area (Å²) >= 11 is 7.34. The number of carbonyl (C=O) groups excluding carboxylic acids is 2. The summed E-state index contributed by atoms with van der Waals surface area (Å²) in [5, 5.41) is 10.0. The first-order valence-corrected chi connectivity index (χ1v) is 11.4. The van der Waals surface area contributed by atoms with Crippen molar-refractivity contribution >= 4 is 50.9 Å². The van der Waals surface area contributed by atoms with E-state index in [9.17, 15) is 28.3 Å². The first kappa shape index (κ1) is 26.3. The molecular weight excluding hydrogens is 506 g/mol. The number of ether oxygens (including phenoxy) is 2. The first-order valence-electron chi connectivity index (χ1n) is 10.2. The Bertz CT molecular complexity index is 1330. The van der Waals surface area contributed by atoms with Crippen LogP contribution in [-0.2, 0) is 11.4 Å². The Labute approximate surface area is 207 Å². The van der Waals surface area contributed by atoms with Gasteiger partial charge in [-0.05, 0) is 31.0 Å². The average molecular weight is 527 g/mol. The van der Waals surface area contributed by atoms with Crippen molar-refractivity contribution in [3.05, 3.63) is 56.4 Å². The van der Waals surface area contributed by atoms with Crippen molar-refractivity contribution in [2.75, 3.05) is 0 Å². The molecule has 5 N–H and O–H groups in total. The van der Waals surface area contributed by atoms with Crippen molar-refractivity contribution in [3.63, 3.8) is 0 Å². The van der Waals surface area contributed by atoms with Crippen LogP contribution in [0, 0.1) is 24.5 Å². The summed E-state index contributed by atoms with van der Waals surface area (Å²) < 4.78 is 39.7. The second-order valence-electron chi connectivity index (χ2n) is 8.01. The van der Waals surface area contributed by atoms with Crippen LogP contribution in [0.2, 0.25) is 5.02 Å². The van der Waals surface area contributed by atoms with E-state index in [1.807, 2.05) is 0 Å². The van der Waals surface area contributed by atoms with E-state index < -0.39 is 53.4 Å². The number of esters is 1. The summed E-state index contributed by atoms with van der Waals surface area (Å²) in [5.74, 6) is -6.28. The lowest BCUT2D eigenvalue weighted by atomic mass is 10.1. The van der Waals surface area contributed by atoms with Gasteiger partial charge in [0.15, 0.2) is 17.4 Å². The molecule has 0 spiro atoms. The van der Waals surface area contributed by atoms with Gasteiger partial charge in [0.2, 0.25) is 5.91 Å². The van der Waals surface area contributed by atoms with Crippen molar-refractivity contribution in [3.8, 4) is 11.5 Å². The molecule has 1 atom stereocenters. The fourth-order valence-electron chi connectivity index (χ4n) is 3.20. The van der Waals surface area contributed by atoms with Crippen LogP contribution in [0.4, 0.5) is 8.78 Å². The van der Waals surface area contributed by atoms with E-state index in [1.54, 1.807) is 20.8 Å². The number of amides is 1. The van der Waals surface area contributed by atoms with E-state index >= 15 is 0 Å². The number of primary amides is 1. The van der Waals surface area contributed by atoms with Gasteiger partial charge in [0.1, 0.15) is 23.3 Å². The second kappa shape index (κ2) is 10.1. The molecule has 3 aromatic rings. The smallest absolute Gasteiger partial charge is 0.346 e. The molecule has 0 saturated heterocycles. The van der Waals surface area contributed by atoms with Gasteiger partial charge in [0, 0.05) is 26.8 Å². The van der Waals surface area contributed by atoms with Crippen LogP contribution < -0.4 is 20.9 Å². The Hall–Kier alpha value is -3.28. The Balaban J connectivity index is 2.04. The van der Waals surface area contributed by atoms with E-state index in [-0.39, 0.29) is 32.5 Å². The molecule has 0 aliphatic carbocycles. The number of carbonyl (C=O) groups is 3. The van der Waals surface area contributed by atoms with Crippen molar-refractivity contribution in [1.29, 1.82) is 0 Å². The largest absolute Gasteiger partial charge is 0.483 e. The highest BCUT2D eigenvalue weighted by Crippen LogP contribution is 2.42. The number of hydrogen-bond acceptors (Lipinski definition) is 7. The maximum atomic E-state index is 14.3. The third-order valence-electron chi connectivity index (χ3n) is 5.25. The van der Waals surface area contributed by atoms with Gasteiger partial charge < -0.3 is 26.0 Å². The monoisotopic (exact) mass is 526 g/mol. The number of carboxylic acids is 1. The van der Waals surface area contributed by atoms with E-state index in [1.165, 1.54) is 6.07 Å². The summed E-state index contributed by atoms with van der Waals surface area (Å²) in [4.78, 5) is 35.2. The lowest BCUT2D eigenvalue weighted by Gasteiger charge is -2.16. The molecule has 1 aromatic heterocycles. The van der Waals surface area contributed by atoms with Gasteiger partial charge in [0.25, 0.3) is 0 Å². The second-order valence-corrected chi connectivity index (χ2v) is 9.44. The highest BCUT2D eigenvalue weighted by molar-refractivity contribution is 7.21. The first-order chi connectivity index (χ1) is 16.3. The maximum absolute atomic E-state index is 14.3. The Kier molecular flexibility index (Phi) is 7.63. The number of fused-ring (bicyclic) bond motifs is 1. The van der Waals surface area contributed by atoms with Crippen molar-refractivity contribution in [2.45, 2.75) is 33.4 Å². The Morgan fingerprint density at radius 1 is 1.17 bits per heavy atom. The zero-order valence-corrected chi connectivity index (χ0v) is 20.4. The van der Waals surface area contributed by atoms with Gasteiger partial charge in [-0.15, -0.1) is 11.3 Å². The molecule has 12 heteroatoms. The quantitative estimate of drug-likeness (QED) is 0.291. The number of carboxylic acid groups (broad SMARTS) is 1. The summed E-state index contributed by atoms with van der Waals surface area (Å²) in [6.45, 7) is 4.53. The minimum Gasteiger partial charge on any atom is -0.483 e. The van der Waals surface area contributed by atoms with Gasteiger partial charge in [-0.25, -0.2) is 18.4 Å². The molecule has 2 aromatic carbocycles. The molecule has 0 fully saturated rings. The minimum atomic E-state index is -1.32. The predicted molar refractivity (Wildman–Crippen MR) is 126 cm³/mol. The van der Waals surface area contributed by atoms with Crippen LogP contribution in [-0.4, -0.2) is 29.0 Å². The molecule has 35 heavy (non-hydrogen) atoms. The van der Waals surface area contributed by atoms with Crippen molar-refractivity contribution < 1.29 is 37.7 Å². The number of hydrogen-bond donors (Lipinski definition) is 3. The molecular formula is C23H21ClF2N2O6S. The summed E-state index contributed by atoms with van der Waals surface area (Å²) in [7, 11) is 0. The molecule has 0 bridgehead atoms. The third-order valence-corrected chi connectivity index (χ3v) is 6.89. The van der Waals surface area contributed by atoms with Crippen molar-refractivity contribution in [2.24, 2.45) is 17.4 Å². The van der Waals surface area contributed by atoms with Crippen LogP contribution in [0.25, 0.3) is 10.1 Å². The number of rotatable bonds is 8. The molecule has 1 heterocycles. The number of thiophene rings is 1. The van der Waals surface area contributed by atoms with Gasteiger partial charge in [-0.3, -0.25) is 4.79 Å². The zero-order valence-electron chi connectivity index (χ0n) is 18.8. The Morgan fingerprint density at radius 2 is 1.77 bits per heavy atom. The summed E-state index contributed by atoms with van der Waals surface area (Å²) in [6, 6.07) is 2.00. The number of aromatic carboxylic acids is 1. The van der Waals surface area contributed by atoms with Gasteiger partial charge in [-0.2, -0.15) is 0 Å². The number of nitrogens with two attached hydrogens (primary N) is 2. The molecule has 0 saturated carbocycles. The highest BCUT2D eigenvalue weighted by atomic mass is 35.5. The van der Waals surface area contributed by atoms with Gasteiger partial charge in [0.05, 0.1) is 5.02 Å². The van der Waals surface area contributed by atoms with Crippen LogP contribution in [0.15, 0.2) is 18.2 Å². The summed E-state index contributed by atoms with van der Waals surface area (Å²) in [5.41, 5.74) is 10.9. The topological polar surface area (TPSA) is 142 Å².